The molecule has 0 bridgehead atoms. The van der Waals surface area contributed by atoms with E-state index in [-0.39, 0.29) is 5.91 Å². The lowest BCUT2D eigenvalue weighted by molar-refractivity contribution is -0.119. The van der Waals surface area contributed by atoms with Gasteiger partial charge in [-0.3, -0.25) is 9.59 Å². The maximum absolute atomic E-state index is 11.8. The molecule has 2 aromatic rings. The van der Waals surface area contributed by atoms with Crippen LogP contribution < -0.4 is 10.6 Å². The van der Waals surface area contributed by atoms with Gasteiger partial charge in [-0.2, -0.15) is 0 Å². The summed E-state index contributed by atoms with van der Waals surface area (Å²) in [7, 11) is 0. The number of ether oxygens (including phenoxy) is 1. The van der Waals surface area contributed by atoms with Crippen LogP contribution in [0.15, 0.2) is 36.4 Å². The zero-order chi connectivity index (χ0) is 17.5. The Bertz CT molecular complexity index is 760. The van der Waals surface area contributed by atoms with Gasteiger partial charge < -0.3 is 15.4 Å². The van der Waals surface area contributed by atoms with Crippen LogP contribution in [0.25, 0.3) is 0 Å². The monoisotopic (exact) mass is 366 g/mol. The van der Waals surface area contributed by atoms with Crippen LogP contribution in [0.3, 0.4) is 0 Å². The van der Waals surface area contributed by atoms with Crippen molar-refractivity contribution in [2.24, 2.45) is 0 Å². The molecule has 0 fully saturated rings. The molecule has 0 saturated heterocycles. The highest BCUT2D eigenvalue weighted by molar-refractivity contribution is 7.17. The number of esters is 1. The predicted octanol–water partition coefficient (Wildman–Crippen LogP) is 2.95. The summed E-state index contributed by atoms with van der Waals surface area (Å²) in [6, 6.07) is 9.59. The SMILES string of the molecule is CCNC(=O)c1cccc(NC(=O)COC(=O)c2ccc(Cl)s2)c1. The normalized spacial score (nSPS) is 10.1. The van der Waals surface area contributed by atoms with Gasteiger partial charge in [0.25, 0.3) is 11.8 Å². The molecule has 1 aromatic heterocycles. The van der Waals surface area contributed by atoms with Gasteiger partial charge in [0.05, 0.1) is 4.34 Å². The molecule has 2 N–H and O–H groups in total. The van der Waals surface area contributed by atoms with Crippen LogP contribution in [-0.4, -0.2) is 30.9 Å². The van der Waals surface area contributed by atoms with Crippen molar-refractivity contribution >= 4 is 46.4 Å². The van der Waals surface area contributed by atoms with Crippen molar-refractivity contribution < 1.29 is 19.1 Å². The quantitative estimate of drug-likeness (QED) is 0.770. The Morgan fingerprint density at radius 2 is 2.00 bits per heavy atom. The number of nitrogens with one attached hydrogen (secondary N) is 2. The van der Waals surface area contributed by atoms with E-state index in [9.17, 15) is 14.4 Å². The van der Waals surface area contributed by atoms with E-state index in [2.05, 4.69) is 10.6 Å². The van der Waals surface area contributed by atoms with Crippen LogP contribution in [0.2, 0.25) is 4.34 Å². The van der Waals surface area contributed by atoms with Crippen molar-refractivity contribution in [2.45, 2.75) is 6.92 Å². The second-order valence-corrected chi connectivity index (χ2v) is 6.38. The number of rotatable bonds is 6. The Morgan fingerprint density at radius 1 is 1.21 bits per heavy atom. The first kappa shape index (κ1) is 18.0. The van der Waals surface area contributed by atoms with Gasteiger partial charge in [-0.25, -0.2) is 4.79 Å². The molecule has 0 radical (unpaired) electrons. The fourth-order valence-corrected chi connectivity index (χ4v) is 2.76. The van der Waals surface area contributed by atoms with Crippen LogP contribution in [-0.2, 0) is 9.53 Å². The number of carbonyl (C=O) groups excluding carboxylic acids is 3. The zero-order valence-corrected chi connectivity index (χ0v) is 14.4. The molecule has 0 atom stereocenters. The third kappa shape index (κ3) is 5.07. The molecule has 6 nitrogen and oxygen atoms in total. The first-order valence-corrected chi connectivity index (χ1v) is 8.29. The molecule has 2 rings (SSSR count). The lowest BCUT2D eigenvalue weighted by atomic mass is 10.2. The average Bonchev–Trinajstić information content (AvgIpc) is 3.00. The van der Waals surface area contributed by atoms with Gasteiger partial charge in [0.2, 0.25) is 0 Å². The molecule has 0 unspecified atom stereocenters. The van der Waals surface area contributed by atoms with Gasteiger partial charge in [0.1, 0.15) is 4.88 Å². The van der Waals surface area contributed by atoms with E-state index in [1.165, 1.54) is 6.07 Å². The molecule has 8 heteroatoms. The number of halogens is 1. The smallest absolute Gasteiger partial charge is 0.348 e. The Balaban J connectivity index is 1.89. The Morgan fingerprint density at radius 3 is 2.67 bits per heavy atom. The summed E-state index contributed by atoms with van der Waals surface area (Å²) in [6.07, 6.45) is 0. The molecular formula is C16H15ClN2O4S. The molecule has 1 aromatic carbocycles. The third-order valence-electron chi connectivity index (χ3n) is 2.85. The van der Waals surface area contributed by atoms with Crippen LogP contribution >= 0.6 is 22.9 Å². The van der Waals surface area contributed by atoms with Gasteiger partial charge in [-0.1, -0.05) is 17.7 Å². The lowest BCUT2D eigenvalue weighted by Gasteiger charge is -2.08. The first-order valence-electron chi connectivity index (χ1n) is 7.10. The fourth-order valence-electron chi connectivity index (χ4n) is 1.82. The lowest BCUT2D eigenvalue weighted by Crippen LogP contribution is -2.23. The second-order valence-electron chi connectivity index (χ2n) is 4.67. The maximum atomic E-state index is 11.8. The zero-order valence-electron chi connectivity index (χ0n) is 12.8. The standard InChI is InChI=1S/C16H15ClN2O4S/c1-2-18-15(21)10-4-3-5-11(8-10)19-14(20)9-23-16(22)12-6-7-13(17)24-12/h3-8H,2,9H2,1H3,(H,18,21)(H,19,20). The average molecular weight is 367 g/mol. The van der Waals surface area contributed by atoms with E-state index < -0.39 is 18.5 Å². The molecule has 0 aliphatic heterocycles. The van der Waals surface area contributed by atoms with E-state index in [0.29, 0.717) is 27.0 Å². The molecule has 0 aliphatic carbocycles. The summed E-state index contributed by atoms with van der Waals surface area (Å²) < 4.78 is 5.38. The summed E-state index contributed by atoms with van der Waals surface area (Å²) in [4.78, 5) is 35.7. The van der Waals surface area contributed by atoms with E-state index in [1.807, 2.05) is 6.92 Å². The number of thiophene rings is 1. The van der Waals surface area contributed by atoms with Crippen molar-refractivity contribution in [1.29, 1.82) is 0 Å². The highest BCUT2D eigenvalue weighted by Gasteiger charge is 2.13. The minimum Gasteiger partial charge on any atom is -0.451 e. The van der Waals surface area contributed by atoms with E-state index >= 15 is 0 Å². The minimum absolute atomic E-state index is 0.227. The molecule has 0 saturated carbocycles. The molecule has 24 heavy (non-hydrogen) atoms. The van der Waals surface area contributed by atoms with Crippen molar-refractivity contribution in [2.75, 3.05) is 18.5 Å². The number of hydrogen-bond donors (Lipinski definition) is 2. The van der Waals surface area contributed by atoms with Gasteiger partial charge in [0, 0.05) is 17.8 Å². The number of benzene rings is 1. The first-order chi connectivity index (χ1) is 11.5. The minimum atomic E-state index is -0.613. The largest absolute Gasteiger partial charge is 0.451 e. The van der Waals surface area contributed by atoms with Crippen molar-refractivity contribution in [3.05, 3.63) is 51.2 Å². The molecule has 2 amide bonds. The molecule has 126 valence electrons. The van der Waals surface area contributed by atoms with Crippen LogP contribution in [0.5, 0.6) is 0 Å². The van der Waals surface area contributed by atoms with E-state index in [1.54, 1.807) is 30.3 Å². The molecule has 1 heterocycles. The number of amides is 2. The third-order valence-corrected chi connectivity index (χ3v) is 4.07. The van der Waals surface area contributed by atoms with E-state index in [0.717, 1.165) is 11.3 Å². The van der Waals surface area contributed by atoms with Crippen LogP contribution in [0.1, 0.15) is 27.0 Å². The highest BCUT2D eigenvalue weighted by atomic mass is 35.5. The Hall–Kier alpha value is -2.38. The van der Waals surface area contributed by atoms with E-state index in [4.69, 9.17) is 16.3 Å². The van der Waals surface area contributed by atoms with Gasteiger partial charge in [-0.05, 0) is 37.3 Å². The van der Waals surface area contributed by atoms with Crippen molar-refractivity contribution in [3.8, 4) is 0 Å². The van der Waals surface area contributed by atoms with Gasteiger partial charge in [-0.15, -0.1) is 11.3 Å². The van der Waals surface area contributed by atoms with Gasteiger partial charge >= 0.3 is 5.97 Å². The molecule has 0 aliphatic rings. The summed E-state index contributed by atoms with van der Waals surface area (Å²) in [5, 5.41) is 5.24. The van der Waals surface area contributed by atoms with Crippen LogP contribution in [0, 0.1) is 0 Å². The summed E-state index contributed by atoms with van der Waals surface area (Å²) in [6.45, 7) is 1.90. The highest BCUT2D eigenvalue weighted by Crippen LogP contribution is 2.22. The maximum Gasteiger partial charge on any atom is 0.348 e. The summed E-state index contributed by atoms with van der Waals surface area (Å²) >= 11 is 6.81. The fraction of sp³-hybridized carbons (Fsp3) is 0.188. The second kappa shape index (κ2) is 8.47. The number of anilines is 1. The Kier molecular flexibility index (Phi) is 6.34. The predicted molar refractivity (Wildman–Crippen MR) is 92.7 cm³/mol. The topological polar surface area (TPSA) is 84.5 Å². The van der Waals surface area contributed by atoms with Gasteiger partial charge in [0.15, 0.2) is 6.61 Å². The molecule has 0 spiro atoms. The summed E-state index contributed by atoms with van der Waals surface area (Å²) in [5.74, 6) is -1.34. The Labute approximate surface area is 147 Å². The van der Waals surface area contributed by atoms with Crippen LogP contribution in [0.4, 0.5) is 5.69 Å². The summed E-state index contributed by atoms with van der Waals surface area (Å²) in [5.41, 5.74) is 0.874. The van der Waals surface area contributed by atoms with Crippen molar-refractivity contribution in [3.63, 3.8) is 0 Å². The van der Waals surface area contributed by atoms with Crippen molar-refractivity contribution in [1.82, 2.24) is 5.32 Å². The molecular weight excluding hydrogens is 352 g/mol. The number of carbonyl (C=O) groups is 3. The number of hydrogen-bond acceptors (Lipinski definition) is 5.